The minimum Gasteiger partial charge on any atom is -0.466 e. The van der Waals surface area contributed by atoms with Crippen LogP contribution in [0.25, 0.3) is 0 Å². The summed E-state index contributed by atoms with van der Waals surface area (Å²) >= 11 is 11.9. The van der Waals surface area contributed by atoms with Crippen LogP contribution in [-0.4, -0.2) is 18.5 Å². The number of rotatable bonds is 15. The zero-order valence-corrected chi connectivity index (χ0v) is 18.3. The Labute approximate surface area is 178 Å². The Hall–Kier alpha value is -1.26. The molecule has 0 bridgehead atoms. The molecule has 1 rings (SSSR count). The van der Waals surface area contributed by atoms with Gasteiger partial charge in [0.05, 0.1) is 6.61 Å². The number of halogens is 2. The Bertz CT molecular complexity index is 590. The van der Waals surface area contributed by atoms with E-state index >= 15 is 0 Å². The van der Waals surface area contributed by atoms with Crippen molar-refractivity contribution in [1.82, 2.24) is 0 Å². The predicted octanol–water partition coefficient (Wildman–Crippen LogP) is 6.89. The summed E-state index contributed by atoms with van der Waals surface area (Å²) < 4.78 is 10.4. The van der Waals surface area contributed by atoms with Crippen molar-refractivity contribution in [2.24, 2.45) is 0 Å². The summed E-state index contributed by atoms with van der Waals surface area (Å²) in [7, 11) is 0. The topological polar surface area (TPSA) is 52.6 Å². The second-order valence-electron chi connectivity index (χ2n) is 6.95. The monoisotopic (exact) mass is 430 g/mol. The van der Waals surface area contributed by atoms with Gasteiger partial charge in [-0.3, -0.25) is 9.59 Å². The number of esters is 2. The molecule has 0 atom stereocenters. The molecule has 0 amide bonds. The molecule has 0 spiro atoms. The molecule has 0 fully saturated rings. The summed E-state index contributed by atoms with van der Waals surface area (Å²) in [6, 6.07) is 5.02. The highest BCUT2D eigenvalue weighted by Crippen LogP contribution is 2.21. The normalized spacial score (nSPS) is 10.7. The fourth-order valence-electron chi connectivity index (χ4n) is 2.74. The Kier molecular flexibility index (Phi) is 13.8. The van der Waals surface area contributed by atoms with E-state index in [0.717, 1.165) is 12.8 Å². The van der Waals surface area contributed by atoms with Crippen molar-refractivity contribution in [3.05, 3.63) is 33.8 Å². The predicted molar refractivity (Wildman–Crippen MR) is 114 cm³/mol. The molecule has 0 unspecified atom stereocenters. The summed E-state index contributed by atoms with van der Waals surface area (Å²) in [6.07, 6.45) is 10.5. The summed E-state index contributed by atoms with van der Waals surface area (Å²) in [6.45, 7) is 2.78. The SMILES string of the molecule is CCCCCCCCCCOC(=O)CCCC(=O)OCc1ccc(Cl)cc1Cl. The van der Waals surface area contributed by atoms with Crippen LogP contribution in [0, 0.1) is 0 Å². The molecule has 0 aromatic heterocycles. The van der Waals surface area contributed by atoms with Gasteiger partial charge in [0.2, 0.25) is 0 Å². The van der Waals surface area contributed by atoms with Gasteiger partial charge in [-0.05, 0) is 25.0 Å². The van der Waals surface area contributed by atoms with Gasteiger partial charge in [-0.1, -0.05) is 81.1 Å². The van der Waals surface area contributed by atoms with Gasteiger partial charge in [0, 0.05) is 28.5 Å². The van der Waals surface area contributed by atoms with E-state index in [9.17, 15) is 9.59 Å². The first-order chi connectivity index (χ1) is 13.5. The molecule has 28 heavy (non-hydrogen) atoms. The molecule has 0 aliphatic rings. The molecule has 158 valence electrons. The van der Waals surface area contributed by atoms with E-state index in [1.807, 2.05) is 0 Å². The molecule has 0 saturated carbocycles. The smallest absolute Gasteiger partial charge is 0.306 e. The largest absolute Gasteiger partial charge is 0.466 e. The maximum Gasteiger partial charge on any atom is 0.306 e. The fourth-order valence-corrected chi connectivity index (χ4v) is 3.20. The molecule has 6 heteroatoms. The average Bonchev–Trinajstić information content (AvgIpc) is 2.66. The first-order valence-corrected chi connectivity index (χ1v) is 11.0. The van der Waals surface area contributed by atoms with Gasteiger partial charge >= 0.3 is 11.9 Å². The molecule has 0 saturated heterocycles. The molecule has 0 aliphatic carbocycles. The van der Waals surface area contributed by atoms with Crippen LogP contribution in [0.3, 0.4) is 0 Å². The van der Waals surface area contributed by atoms with Crippen LogP contribution in [-0.2, 0) is 25.7 Å². The van der Waals surface area contributed by atoms with Crippen molar-refractivity contribution in [2.75, 3.05) is 6.61 Å². The van der Waals surface area contributed by atoms with E-state index in [-0.39, 0.29) is 31.4 Å². The van der Waals surface area contributed by atoms with E-state index in [4.69, 9.17) is 32.7 Å². The van der Waals surface area contributed by atoms with Crippen LogP contribution in [0.4, 0.5) is 0 Å². The minimum atomic E-state index is -0.359. The highest BCUT2D eigenvalue weighted by molar-refractivity contribution is 6.35. The van der Waals surface area contributed by atoms with Gasteiger partial charge in [-0.25, -0.2) is 0 Å². The van der Waals surface area contributed by atoms with Gasteiger partial charge in [0.25, 0.3) is 0 Å². The molecular weight excluding hydrogens is 399 g/mol. The minimum absolute atomic E-state index is 0.0950. The zero-order chi connectivity index (χ0) is 20.6. The van der Waals surface area contributed by atoms with Crippen molar-refractivity contribution in [1.29, 1.82) is 0 Å². The Morgan fingerprint density at radius 1 is 0.821 bits per heavy atom. The number of carbonyl (C=O) groups is 2. The maximum atomic E-state index is 11.8. The standard InChI is InChI=1S/C22H32Cl2O4/c1-2-3-4-5-6-7-8-9-15-27-21(25)11-10-12-22(26)28-17-18-13-14-19(23)16-20(18)24/h13-14,16H,2-12,15,17H2,1H3. The van der Waals surface area contributed by atoms with E-state index in [2.05, 4.69) is 6.92 Å². The molecule has 0 radical (unpaired) electrons. The number of unbranched alkanes of at least 4 members (excludes halogenated alkanes) is 7. The van der Waals surface area contributed by atoms with E-state index in [1.165, 1.54) is 38.5 Å². The number of hydrogen-bond donors (Lipinski definition) is 0. The first-order valence-electron chi connectivity index (χ1n) is 10.3. The maximum absolute atomic E-state index is 11.8. The third kappa shape index (κ3) is 12.2. The Balaban J connectivity index is 1.99. The molecule has 0 heterocycles. The molecule has 0 N–H and O–H groups in total. The van der Waals surface area contributed by atoms with Gasteiger partial charge in [0.1, 0.15) is 6.61 Å². The Morgan fingerprint density at radius 3 is 2.07 bits per heavy atom. The molecule has 1 aromatic rings. The number of carbonyl (C=O) groups excluding carboxylic acids is 2. The van der Waals surface area contributed by atoms with E-state index < -0.39 is 0 Å². The Morgan fingerprint density at radius 2 is 1.43 bits per heavy atom. The highest BCUT2D eigenvalue weighted by Gasteiger charge is 2.09. The van der Waals surface area contributed by atoms with E-state index in [1.54, 1.807) is 18.2 Å². The molecule has 1 aromatic carbocycles. The van der Waals surface area contributed by atoms with Crippen LogP contribution >= 0.6 is 23.2 Å². The van der Waals surface area contributed by atoms with Gasteiger partial charge < -0.3 is 9.47 Å². The zero-order valence-electron chi connectivity index (χ0n) is 16.8. The van der Waals surface area contributed by atoms with Crippen molar-refractivity contribution in [3.63, 3.8) is 0 Å². The van der Waals surface area contributed by atoms with Crippen molar-refractivity contribution in [3.8, 4) is 0 Å². The van der Waals surface area contributed by atoms with E-state index in [0.29, 0.717) is 28.6 Å². The summed E-state index contributed by atoms with van der Waals surface area (Å²) in [4.78, 5) is 23.4. The van der Waals surface area contributed by atoms with Crippen LogP contribution in [0.15, 0.2) is 18.2 Å². The second kappa shape index (κ2) is 15.6. The summed E-state index contributed by atoms with van der Waals surface area (Å²) in [5, 5.41) is 0.996. The molecule has 4 nitrogen and oxygen atoms in total. The van der Waals surface area contributed by atoms with Crippen molar-refractivity contribution >= 4 is 35.1 Å². The van der Waals surface area contributed by atoms with Gasteiger partial charge in [-0.15, -0.1) is 0 Å². The molecule has 0 aliphatic heterocycles. The third-order valence-corrected chi connectivity index (χ3v) is 5.01. The summed E-state index contributed by atoms with van der Waals surface area (Å²) in [5.41, 5.74) is 0.698. The lowest BCUT2D eigenvalue weighted by molar-refractivity contribution is -0.146. The number of ether oxygens (including phenoxy) is 2. The lowest BCUT2D eigenvalue weighted by atomic mass is 10.1. The second-order valence-corrected chi connectivity index (χ2v) is 7.79. The van der Waals surface area contributed by atoms with Crippen molar-refractivity contribution < 1.29 is 19.1 Å². The lowest BCUT2D eigenvalue weighted by Crippen LogP contribution is -2.09. The van der Waals surface area contributed by atoms with Gasteiger partial charge in [0.15, 0.2) is 0 Å². The van der Waals surface area contributed by atoms with Crippen LogP contribution in [0.1, 0.15) is 83.1 Å². The number of benzene rings is 1. The van der Waals surface area contributed by atoms with Crippen LogP contribution in [0.5, 0.6) is 0 Å². The quantitative estimate of drug-likeness (QED) is 0.224. The third-order valence-electron chi connectivity index (χ3n) is 4.43. The molecular formula is C22H32Cl2O4. The van der Waals surface area contributed by atoms with Crippen molar-refractivity contribution in [2.45, 2.75) is 84.2 Å². The van der Waals surface area contributed by atoms with Crippen LogP contribution < -0.4 is 0 Å². The van der Waals surface area contributed by atoms with Gasteiger partial charge in [-0.2, -0.15) is 0 Å². The van der Waals surface area contributed by atoms with Crippen LogP contribution in [0.2, 0.25) is 10.0 Å². The highest BCUT2D eigenvalue weighted by atomic mass is 35.5. The fraction of sp³-hybridized carbons (Fsp3) is 0.636. The number of hydrogen-bond acceptors (Lipinski definition) is 4. The lowest BCUT2D eigenvalue weighted by Gasteiger charge is -2.07. The first kappa shape index (κ1) is 24.8. The summed E-state index contributed by atoms with van der Waals surface area (Å²) in [5.74, 6) is -0.613. The average molecular weight is 431 g/mol.